The fourth-order valence-corrected chi connectivity index (χ4v) is 4.36. The summed E-state index contributed by atoms with van der Waals surface area (Å²) in [5.74, 6) is -3.12. The number of carbonyl (C=O) groups excluding carboxylic acids is 1. The average Bonchev–Trinajstić information content (AvgIpc) is 2.80. The van der Waals surface area contributed by atoms with Crippen LogP contribution in [-0.2, 0) is 12.8 Å². The van der Waals surface area contributed by atoms with Gasteiger partial charge in [-0.15, -0.1) is 0 Å². The minimum Gasteiger partial charge on any atom is -0.294 e. The summed E-state index contributed by atoms with van der Waals surface area (Å²) in [5.41, 5.74) is 2.20. The molecule has 1 heterocycles. The van der Waals surface area contributed by atoms with Crippen molar-refractivity contribution < 1.29 is 22.4 Å². The van der Waals surface area contributed by atoms with Crippen molar-refractivity contribution in [2.45, 2.75) is 38.3 Å². The Morgan fingerprint density at radius 2 is 1.74 bits per heavy atom. The molecule has 0 saturated carbocycles. The molecule has 2 aromatic carbocycles. The van der Waals surface area contributed by atoms with E-state index in [-0.39, 0.29) is 17.8 Å². The molecule has 2 nitrogen and oxygen atoms in total. The lowest BCUT2D eigenvalue weighted by Gasteiger charge is -2.18. The van der Waals surface area contributed by atoms with Gasteiger partial charge in [0.2, 0.25) is 0 Å². The van der Waals surface area contributed by atoms with Crippen LogP contribution in [0.1, 0.15) is 51.9 Å². The minimum absolute atomic E-state index is 0.0962. The number of aryl methyl sites for hydroxylation is 2. The van der Waals surface area contributed by atoms with Crippen LogP contribution in [0.2, 0.25) is 15.2 Å². The second-order valence-corrected chi connectivity index (χ2v) is 9.00. The Morgan fingerprint density at radius 1 is 1.06 bits per heavy atom. The number of hydrogen-bond donors (Lipinski definition) is 0. The van der Waals surface area contributed by atoms with Gasteiger partial charge in [-0.2, -0.15) is 13.2 Å². The van der Waals surface area contributed by atoms with Gasteiger partial charge in [0.1, 0.15) is 5.15 Å². The quantitative estimate of drug-likeness (QED) is 0.123. The average molecular weight is 545 g/mol. The number of rotatable bonds is 8. The molecule has 0 aliphatic rings. The predicted octanol–water partition coefficient (Wildman–Crippen LogP) is 8.92. The van der Waals surface area contributed by atoms with Gasteiger partial charge in [-0.1, -0.05) is 78.1 Å². The molecule has 0 N–H and O–H groups in total. The summed E-state index contributed by atoms with van der Waals surface area (Å²) >= 11 is 17.4. The summed E-state index contributed by atoms with van der Waals surface area (Å²) in [6.45, 7) is 1.86. The second-order valence-electron chi connectivity index (χ2n) is 7.82. The number of benzene rings is 2. The van der Waals surface area contributed by atoms with Gasteiger partial charge in [0.05, 0.1) is 16.0 Å². The molecular formula is C26H20Cl3F4NO. The molecule has 1 unspecified atom stereocenters. The number of aromatic nitrogens is 1. The Hall–Kier alpha value is -2.41. The van der Waals surface area contributed by atoms with E-state index in [0.717, 1.165) is 23.8 Å². The maximum atomic E-state index is 13.8. The van der Waals surface area contributed by atoms with E-state index in [1.165, 1.54) is 6.08 Å². The van der Waals surface area contributed by atoms with Gasteiger partial charge in [-0.25, -0.2) is 9.37 Å². The number of ketones is 1. The number of Topliss-reactive ketones (excluding diaryl/α,β-unsaturated/α-hetero) is 1. The molecule has 0 saturated heterocycles. The molecule has 0 radical (unpaired) electrons. The molecule has 3 aromatic rings. The first-order chi connectivity index (χ1) is 16.5. The topological polar surface area (TPSA) is 30.0 Å². The first-order valence-corrected chi connectivity index (χ1v) is 11.8. The fraction of sp³-hybridized carbons (Fsp3) is 0.231. The first kappa shape index (κ1) is 27.2. The van der Waals surface area contributed by atoms with E-state index in [1.54, 1.807) is 36.5 Å². The van der Waals surface area contributed by atoms with E-state index < -0.39 is 28.0 Å². The van der Waals surface area contributed by atoms with Crippen molar-refractivity contribution in [2.24, 2.45) is 0 Å². The van der Waals surface area contributed by atoms with Crippen LogP contribution in [0.4, 0.5) is 17.6 Å². The summed E-state index contributed by atoms with van der Waals surface area (Å²) in [5, 5.41) is -0.628. The lowest BCUT2D eigenvalue weighted by atomic mass is 9.94. The molecule has 9 heteroatoms. The highest BCUT2D eigenvalue weighted by Gasteiger charge is 2.39. The van der Waals surface area contributed by atoms with E-state index in [4.69, 9.17) is 34.8 Å². The van der Waals surface area contributed by atoms with Crippen molar-refractivity contribution in [1.29, 1.82) is 0 Å². The largest absolute Gasteiger partial charge is 0.399 e. The lowest BCUT2D eigenvalue weighted by Crippen LogP contribution is -2.19. The van der Waals surface area contributed by atoms with Gasteiger partial charge in [0.15, 0.2) is 11.6 Å². The van der Waals surface area contributed by atoms with Crippen LogP contribution < -0.4 is 0 Å². The van der Waals surface area contributed by atoms with Crippen molar-refractivity contribution >= 4 is 46.7 Å². The fourth-order valence-electron chi connectivity index (χ4n) is 3.64. The van der Waals surface area contributed by atoms with Crippen LogP contribution in [-0.4, -0.2) is 16.9 Å². The maximum Gasteiger partial charge on any atom is 0.399 e. The van der Waals surface area contributed by atoms with Crippen molar-refractivity contribution in [3.8, 4) is 0 Å². The standard InChI is InChI=1S/C26H20Cl3F4NO/c1-2-16-12-15(5-8-19(16)23(35)10-7-17-4-3-11-34-25(17)29)6-9-20(26(31,32)33)18-13-21(27)24(30)22(28)14-18/h3-6,8-9,11-14,20H,2,7,10H2,1H3/b9-6+. The van der Waals surface area contributed by atoms with Crippen molar-refractivity contribution in [3.05, 3.63) is 104 Å². The third-order valence-electron chi connectivity index (χ3n) is 5.47. The number of nitrogens with zero attached hydrogens (tertiary/aromatic N) is 1. The van der Waals surface area contributed by atoms with E-state index in [0.29, 0.717) is 34.7 Å². The van der Waals surface area contributed by atoms with Gasteiger partial charge in [0.25, 0.3) is 0 Å². The molecule has 1 aromatic heterocycles. The number of carbonyl (C=O) groups is 1. The molecule has 0 amide bonds. The van der Waals surface area contributed by atoms with Crippen LogP contribution >= 0.6 is 34.8 Å². The van der Waals surface area contributed by atoms with E-state index >= 15 is 0 Å². The van der Waals surface area contributed by atoms with Gasteiger partial charge in [-0.3, -0.25) is 4.79 Å². The van der Waals surface area contributed by atoms with E-state index in [1.807, 2.05) is 6.92 Å². The Bertz CT molecular complexity index is 1230. The number of alkyl halides is 3. The molecule has 0 bridgehead atoms. The normalized spacial score (nSPS) is 12.8. The zero-order valence-electron chi connectivity index (χ0n) is 18.5. The summed E-state index contributed by atoms with van der Waals surface area (Å²) in [6, 6.07) is 10.2. The number of hydrogen-bond acceptors (Lipinski definition) is 2. The third kappa shape index (κ3) is 6.84. The Balaban J connectivity index is 1.83. The van der Waals surface area contributed by atoms with Crippen LogP contribution in [0, 0.1) is 5.82 Å². The molecule has 1 atom stereocenters. The molecule has 0 aliphatic heterocycles. The number of pyridine rings is 1. The van der Waals surface area contributed by atoms with Crippen LogP contribution in [0.25, 0.3) is 6.08 Å². The Kier molecular flexibility index (Phi) is 8.97. The SMILES string of the molecule is CCc1cc(/C=C/C(c2cc(Cl)c(F)c(Cl)c2)C(F)(F)F)ccc1C(=O)CCc1cccnc1Cl. The minimum atomic E-state index is -4.65. The smallest absolute Gasteiger partial charge is 0.294 e. The first-order valence-electron chi connectivity index (χ1n) is 10.7. The monoisotopic (exact) mass is 543 g/mol. The van der Waals surface area contributed by atoms with Crippen molar-refractivity contribution in [2.75, 3.05) is 0 Å². The summed E-state index contributed by atoms with van der Waals surface area (Å²) < 4.78 is 54.9. The summed E-state index contributed by atoms with van der Waals surface area (Å²) in [6.07, 6.45) is 0.340. The molecule has 0 spiro atoms. The van der Waals surface area contributed by atoms with Gasteiger partial charge < -0.3 is 0 Å². The molecule has 0 fully saturated rings. The van der Waals surface area contributed by atoms with Gasteiger partial charge >= 0.3 is 6.18 Å². The highest BCUT2D eigenvalue weighted by molar-refractivity contribution is 6.35. The zero-order chi connectivity index (χ0) is 25.8. The molecule has 3 rings (SSSR count). The Morgan fingerprint density at radius 3 is 2.34 bits per heavy atom. The highest BCUT2D eigenvalue weighted by atomic mass is 35.5. The molecule has 35 heavy (non-hydrogen) atoms. The van der Waals surface area contributed by atoms with Crippen molar-refractivity contribution in [3.63, 3.8) is 0 Å². The molecule has 0 aliphatic carbocycles. The van der Waals surface area contributed by atoms with E-state index in [9.17, 15) is 22.4 Å². The number of allylic oxidation sites excluding steroid dienone is 1. The highest BCUT2D eigenvalue weighted by Crippen LogP contribution is 2.39. The van der Waals surface area contributed by atoms with Crippen LogP contribution in [0.5, 0.6) is 0 Å². The van der Waals surface area contributed by atoms with Crippen LogP contribution in [0.3, 0.4) is 0 Å². The number of halogens is 7. The van der Waals surface area contributed by atoms with Crippen molar-refractivity contribution in [1.82, 2.24) is 4.98 Å². The second kappa shape index (κ2) is 11.5. The maximum absolute atomic E-state index is 13.8. The lowest BCUT2D eigenvalue weighted by molar-refractivity contribution is -0.139. The third-order valence-corrected chi connectivity index (χ3v) is 6.36. The van der Waals surface area contributed by atoms with E-state index in [2.05, 4.69) is 4.98 Å². The summed E-state index contributed by atoms with van der Waals surface area (Å²) in [7, 11) is 0. The zero-order valence-corrected chi connectivity index (χ0v) is 20.7. The van der Waals surface area contributed by atoms with Gasteiger partial charge in [-0.05, 0) is 53.3 Å². The Labute approximate surface area is 215 Å². The predicted molar refractivity (Wildman–Crippen MR) is 132 cm³/mol. The van der Waals surface area contributed by atoms with Gasteiger partial charge in [0, 0.05) is 18.2 Å². The van der Waals surface area contributed by atoms with Crippen LogP contribution in [0.15, 0.2) is 54.7 Å². The molecule has 184 valence electrons. The summed E-state index contributed by atoms with van der Waals surface area (Å²) in [4.78, 5) is 16.8. The molecular weight excluding hydrogens is 525 g/mol.